The number of nitrogens with one attached hydrogen (secondary N) is 1. The van der Waals surface area contributed by atoms with Crippen molar-refractivity contribution in [3.63, 3.8) is 0 Å². The monoisotopic (exact) mass is 351 g/mol. The van der Waals surface area contributed by atoms with Crippen LogP contribution in [0, 0.1) is 5.41 Å². The number of aromatic nitrogens is 2. The fourth-order valence-corrected chi connectivity index (χ4v) is 4.11. The Morgan fingerprint density at radius 2 is 2.08 bits per heavy atom. The average molecular weight is 351 g/mol. The molecule has 0 saturated carbocycles. The van der Waals surface area contributed by atoms with Crippen LogP contribution in [0.15, 0.2) is 0 Å². The van der Waals surface area contributed by atoms with Crippen LogP contribution in [-0.2, 0) is 20.8 Å². The molecule has 2 saturated heterocycles. The first-order valence-corrected chi connectivity index (χ1v) is 8.95. The third kappa shape index (κ3) is 3.00. The number of carbonyl (C=O) groups is 3. The Labute approximate surface area is 144 Å². The minimum Gasteiger partial charge on any atom is -0.345 e. The SMILES string of the molecule is CCc1nnc(NC(=O)C(=O)N2CCC3(CCCN(C)C3=O)C2)s1. The number of aryl methyl sites for hydroxylation is 1. The normalized spacial score (nSPS) is 23.8. The molecule has 2 aliphatic heterocycles. The lowest BCUT2D eigenvalue weighted by molar-refractivity contribution is -0.146. The first-order valence-electron chi connectivity index (χ1n) is 8.13. The third-order valence-electron chi connectivity index (χ3n) is 4.77. The summed E-state index contributed by atoms with van der Waals surface area (Å²) >= 11 is 1.26. The number of rotatable bonds is 2. The molecule has 9 heteroatoms. The van der Waals surface area contributed by atoms with E-state index in [1.165, 1.54) is 16.2 Å². The summed E-state index contributed by atoms with van der Waals surface area (Å²) in [5.41, 5.74) is -0.513. The van der Waals surface area contributed by atoms with Crippen molar-refractivity contribution >= 4 is 34.2 Å². The minimum atomic E-state index is -0.720. The molecular formula is C15H21N5O3S. The maximum Gasteiger partial charge on any atom is 0.315 e. The second-order valence-corrected chi connectivity index (χ2v) is 7.46. The van der Waals surface area contributed by atoms with E-state index in [1.54, 1.807) is 11.9 Å². The number of hydrogen-bond donors (Lipinski definition) is 1. The molecule has 0 aliphatic carbocycles. The van der Waals surface area contributed by atoms with Gasteiger partial charge in [0.05, 0.1) is 5.41 Å². The largest absolute Gasteiger partial charge is 0.345 e. The molecule has 2 fully saturated rings. The van der Waals surface area contributed by atoms with E-state index in [9.17, 15) is 14.4 Å². The molecule has 0 bridgehead atoms. The first-order chi connectivity index (χ1) is 11.4. The molecule has 2 aliphatic rings. The molecule has 3 amide bonds. The summed E-state index contributed by atoms with van der Waals surface area (Å²) in [4.78, 5) is 40.2. The highest BCUT2D eigenvalue weighted by Crippen LogP contribution is 2.39. The fourth-order valence-electron chi connectivity index (χ4n) is 3.43. The lowest BCUT2D eigenvalue weighted by Crippen LogP contribution is -2.49. The number of likely N-dealkylation sites (tertiary alicyclic amines) is 2. The highest BCUT2D eigenvalue weighted by Gasteiger charge is 2.49. The van der Waals surface area contributed by atoms with E-state index in [0.29, 0.717) is 24.6 Å². The Kier molecular flexibility index (Phi) is 4.53. The highest BCUT2D eigenvalue weighted by atomic mass is 32.1. The van der Waals surface area contributed by atoms with Gasteiger partial charge in [0, 0.05) is 26.7 Å². The molecule has 1 spiro atoms. The van der Waals surface area contributed by atoms with Crippen LogP contribution >= 0.6 is 11.3 Å². The molecule has 1 atom stereocenters. The summed E-state index contributed by atoms with van der Waals surface area (Å²) in [6.45, 7) is 3.45. The van der Waals surface area contributed by atoms with Crippen molar-refractivity contribution in [2.75, 3.05) is 32.0 Å². The quantitative estimate of drug-likeness (QED) is 0.783. The van der Waals surface area contributed by atoms with Gasteiger partial charge in [0.25, 0.3) is 0 Å². The maximum atomic E-state index is 12.5. The number of piperidine rings is 1. The lowest BCUT2D eigenvalue weighted by atomic mass is 9.78. The van der Waals surface area contributed by atoms with Crippen LogP contribution in [0.1, 0.15) is 31.2 Å². The predicted octanol–water partition coefficient (Wildman–Crippen LogP) is 0.510. The zero-order chi connectivity index (χ0) is 17.3. The van der Waals surface area contributed by atoms with Crippen LogP contribution in [0.2, 0.25) is 0 Å². The van der Waals surface area contributed by atoms with Crippen molar-refractivity contribution in [3.05, 3.63) is 5.01 Å². The predicted molar refractivity (Wildman–Crippen MR) is 88.4 cm³/mol. The van der Waals surface area contributed by atoms with Crippen molar-refractivity contribution in [3.8, 4) is 0 Å². The first kappa shape index (κ1) is 16.8. The Balaban J connectivity index is 1.63. The number of hydrogen-bond acceptors (Lipinski definition) is 6. The second kappa shape index (κ2) is 6.46. The van der Waals surface area contributed by atoms with E-state index in [0.717, 1.165) is 30.8 Å². The van der Waals surface area contributed by atoms with Gasteiger partial charge in [-0.1, -0.05) is 18.3 Å². The van der Waals surface area contributed by atoms with Gasteiger partial charge in [0.2, 0.25) is 11.0 Å². The number of amides is 3. The average Bonchev–Trinajstić information content (AvgIpc) is 3.19. The molecule has 3 heterocycles. The number of anilines is 1. The molecule has 1 aromatic heterocycles. The van der Waals surface area contributed by atoms with E-state index >= 15 is 0 Å². The van der Waals surface area contributed by atoms with Crippen LogP contribution in [0.25, 0.3) is 0 Å². The van der Waals surface area contributed by atoms with Gasteiger partial charge in [-0.3, -0.25) is 19.7 Å². The lowest BCUT2D eigenvalue weighted by Gasteiger charge is -2.37. The molecule has 3 rings (SSSR count). The van der Waals surface area contributed by atoms with Crippen LogP contribution in [0.3, 0.4) is 0 Å². The Morgan fingerprint density at radius 3 is 2.79 bits per heavy atom. The van der Waals surface area contributed by atoms with Gasteiger partial charge in [-0.2, -0.15) is 0 Å². The van der Waals surface area contributed by atoms with Crippen molar-refractivity contribution in [2.45, 2.75) is 32.6 Å². The van der Waals surface area contributed by atoms with Gasteiger partial charge in [-0.25, -0.2) is 0 Å². The Morgan fingerprint density at radius 1 is 1.29 bits per heavy atom. The summed E-state index contributed by atoms with van der Waals surface area (Å²) in [6, 6.07) is 0. The molecule has 0 aromatic carbocycles. The second-order valence-electron chi connectivity index (χ2n) is 6.40. The zero-order valence-electron chi connectivity index (χ0n) is 13.9. The number of nitrogens with zero attached hydrogens (tertiary/aromatic N) is 4. The van der Waals surface area contributed by atoms with Gasteiger partial charge >= 0.3 is 11.8 Å². The number of carbonyl (C=O) groups excluding carboxylic acids is 3. The van der Waals surface area contributed by atoms with E-state index in [1.807, 2.05) is 6.92 Å². The summed E-state index contributed by atoms with van der Waals surface area (Å²) in [7, 11) is 1.79. The van der Waals surface area contributed by atoms with E-state index in [-0.39, 0.29) is 5.91 Å². The summed E-state index contributed by atoms with van der Waals surface area (Å²) in [5, 5.41) is 11.4. The van der Waals surface area contributed by atoms with Crippen molar-refractivity contribution in [1.82, 2.24) is 20.0 Å². The van der Waals surface area contributed by atoms with Gasteiger partial charge in [0.1, 0.15) is 5.01 Å². The van der Waals surface area contributed by atoms with Gasteiger partial charge in [0.15, 0.2) is 0 Å². The Bertz CT molecular complexity index is 676. The van der Waals surface area contributed by atoms with Gasteiger partial charge in [-0.05, 0) is 25.7 Å². The molecule has 130 valence electrons. The molecule has 1 unspecified atom stereocenters. The molecule has 1 N–H and O–H groups in total. The smallest absolute Gasteiger partial charge is 0.315 e. The van der Waals surface area contributed by atoms with Crippen molar-refractivity contribution in [1.29, 1.82) is 0 Å². The maximum absolute atomic E-state index is 12.5. The topological polar surface area (TPSA) is 95.5 Å². The van der Waals surface area contributed by atoms with E-state index in [2.05, 4.69) is 15.5 Å². The van der Waals surface area contributed by atoms with E-state index < -0.39 is 17.2 Å². The van der Waals surface area contributed by atoms with E-state index in [4.69, 9.17) is 0 Å². The standard InChI is InChI=1S/C15H21N5O3S/c1-3-10-17-18-14(24-10)16-11(21)12(22)20-8-6-15(9-20)5-4-7-19(2)13(15)23/h3-9H2,1-2H3,(H,16,18,21). The van der Waals surface area contributed by atoms with Crippen LogP contribution in [-0.4, -0.2) is 64.4 Å². The molecular weight excluding hydrogens is 330 g/mol. The van der Waals surface area contributed by atoms with Crippen LogP contribution < -0.4 is 5.32 Å². The fraction of sp³-hybridized carbons (Fsp3) is 0.667. The minimum absolute atomic E-state index is 0.0844. The van der Waals surface area contributed by atoms with Crippen LogP contribution in [0.5, 0.6) is 0 Å². The molecule has 1 aromatic rings. The zero-order valence-corrected chi connectivity index (χ0v) is 14.7. The van der Waals surface area contributed by atoms with Crippen LogP contribution in [0.4, 0.5) is 5.13 Å². The molecule has 24 heavy (non-hydrogen) atoms. The highest BCUT2D eigenvalue weighted by molar-refractivity contribution is 7.15. The van der Waals surface area contributed by atoms with Gasteiger partial charge in [-0.15, -0.1) is 10.2 Å². The summed E-state index contributed by atoms with van der Waals surface area (Å²) < 4.78 is 0. The Hall–Kier alpha value is -2.03. The van der Waals surface area contributed by atoms with Crippen molar-refractivity contribution in [2.24, 2.45) is 5.41 Å². The third-order valence-corrected chi connectivity index (χ3v) is 5.76. The van der Waals surface area contributed by atoms with Crippen molar-refractivity contribution < 1.29 is 14.4 Å². The molecule has 0 radical (unpaired) electrons. The van der Waals surface area contributed by atoms with Gasteiger partial charge < -0.3 is 9.80 Å². The summed E-state index contributed by atoms with van der Waals surface area (Å²) in [6.07, 6.45) is 3.05. The molecule has 8 nitrogen and oxygen atoms in total. The summed E-state index contributed by atoms with van der Waals surface area (Å²) in [5.74, 6) is -1.25.